The van der Waals surface area contributed by atoms with Crippen LogP contribution in [0.1, 0.15) is 35.7 Å². The summed E-state index contributed by atoms with van der Waals surface area (Å²) in [6, 6.07) is 2.97. The van der Waals surface area contributed by atoms with E-state index in [4.69, 9.17) is 9.47 Å². The third-order valence-corrected chi connectivity index (χ3v) is 5.62. The van der Waals surface area contributed by atoms with E-state index in [2.05, 4.69) is 0 Å². The molecule has 2 saturated heterocycles. The topological polar surface area (TPSA) is 81.0 Å². The van der Waals surface area contributed by atoms with Crippen molar-refractivity contribution in [1.82, 2.24) is 4.57 Å². The van der Waals surface area contributed by atoms with Gasteiger partial charge in [-0.15, -0.1) is 0 Å². The monoisotopic (exact) mass is 374 g/mol. The van der Waals surface area contributed by atoms with Gasteiger partial charge < -0.3 is 24.0 Å². The first-order valence-corrected chi connectivity index (χ1v) is 9.12. The normalized spacial score (nSPS) is 21.4. The Morgan fingerprint density at radius 3 is 2.67 bits per heavy atom. The number of rotatable bonds is 3. The van der Waals surface area contributed by atoms with Gasteiger partial charge in [0, 0.05) is 30.6 Å². The lowest BCUT2D eigenvalue weighted by Crippen LogP contribution is -2.34. The predicted octanol–water partition coefficient (Wildman–Crippen LogP) is 2.13. The minimum atomic E-state index is -1.29. The van der Waals surface area contributed by atoms with Crippen LogP contribution in [0.3, 0.4) is 0 Å². The molecule has 0 unspecified atom stereocenters. The second-order valence-electron chi connectivity index (χ2n) is 7.42. The molecular weight excluding hydrogens is 355 g/mol. The Morgan fingerprint density at radius 2 is 2.00 bits per heavy atom. The number of ether oxygens (including phenoxy) is 2. The molecule has 142 valence electrons. The highest BCUT2D eigenvalue weighted by molar-refractivity contribution is 5.93. The molecule has 0 amide bonds. The van der Waals surface area contributed by atoms with Gasteiger partial charge in [0.25, 0.3) is 0 Å². The van der Waals surface area contributed by atoms with Crippen molar-refractivity contribution >= 4 is 22.6 Å². The highest BCUT2D eigenvalue weighted by atomic mass is 19.1. The number of hydrogen-bond acceptors (Lipinski definition) is 5. The fraction of sp³-hybridized carbons (Fsp3) is 0.474. The van der Waals surface area contributed by atoms with Crippen molar-refractivity contribution in [3.63, 3.8) is 0 Å². The summed E-state index contributed by atoms with van der Waals surface area (Å²) in [5.74, 6) is -2.51. The molecule has 27 heavy (non-hydrogen) atoms. The molecule has 1 aromatic carbocycles. The molecular formula is C19H19FN2O5. The van der Waals surface area contributed by atoms with Crippen LogP contribution in [0.25, 0.3) is 10.9 Å². The van der Waals surface area contributed by atoms with Crippen LogP contribution in [0.15, 0.2) is 23.1 Å². The van der Waals surface area contributed by atoms with E-state index in [-0.39, 0.29) is 17.0 Å². The number of fused-ring (bicyclic) bond motifs is 1. The molecule has 3 heterocycles. The molecule has 0 radical (unpaired) electrons. The van der Waals surface area contributed by atoms with Crippen molar-refractivity contribution in [1.29, 1.82) is 0 Å². The Morgan fingerprint density at radius 1 is 1.26 bits per heavy atom. The van der Waals surface area contributed by atoms with Crippen molar-refractivity contribution in [2.45, 2.75) is 31.1 Å². The number of aromatic carboxylic acids is 1. The minimum absolute atomic E-state index is 0.102. The quantitative estimate of drug-likeness (QED) is 0.887. The van der Waals surface area contributed by atoms with Crippen LogP contribution in [0.5, 0.6) is 0 Å². The molecule has 3 fully saturated rings. The van der Waals surface area contributed by atoms with E-state index < -0.39 is 23.0 Å². The number of aromatic nitrogens is 1. The van der Waals surface area contributed by atoms with Gasteiger partial charge in [-0.1, -0.05) is 0 Å². The molecule has 2 aromatic rings. The average Bonchev–Trinajstić information content (AvgIpc) is 3.25. The number of carbonyl (C=O) groups is 1. The lowest BCUT2D eigenvalue weighted by Gasteiger charge is -2.24. The maximum atomic E-state index is 14.9. The summed E-state index contributed by atoms with van der Waals surface area (Å²) >= 11 is 0. The number of hydrogen-bond donors (Lipinski definition) is 1. The molecule has 5 rings (SSSR count). The molecule has 1 aromatic heterocycles. The number of carboxylic acid groups (broad SMARTS) is 1. The third kappa shape index (κ3) is 2.62. The molecule has 8 heteroatoms. The smallest absolute Gasteiger partial charge is 0.341 e. The van der Waals surface area contributed by atoms with Crippen LogP contribution < -0.4 is 10.3 Å². The zero-order chi connectivity index (χ0) is 18.8. The van der Waals surface area contributed by atoms with Crippen LogP contribution >= 0.6 is 0 Å². The van der Waals surface area contributed by atoms with Gasteiger partial charge in [0.2, 0.25) is 5.43 Å². The first-order valence-electron chi connectivity index (χ1n) is 9.12. The summed E-state index contributed by atoms with van der Waals surface area (Å²) in [7, 11) is 0. The van der Waals surface area contributed by atoms with Gasteiger partial charge in [-0.3, -0.25) is 4.79 Å². The largest absolute Gasteiger partial charge is 0.477 e. The molecule has 3 aliphatic rings. The highest BCUT2D eigenvalue weighted by Gasteiger charge is 2.44. The van der Waals surface area contributed by atoms with E-state index in [0.29, 0.717) is 43.9 Å². The number of benzene rings is 1. The Bertz CT molecular complexity index is 1010. The lowest BCUT2D eigenvalue weighted by molar-refractivity contribution is -0.137. The van der Waals surface area contributed by atoms with E-state index in [1.54, 1.807) is 10.6 Å². The molecule has 2 aliphatic heterocycles. The van der Waals surface area contributed by atoms with Crippen molar-refractivity contribution in [2.75, 3.05) is 31.2 Å². The molecule has 1 N–H and O–H groups in total. The summed E-state index contributed by atoms with van der Waals surface area (Å²) in [6.45, 7) is 2.08. The van der Waals surface area contributed by atoms with E-state index in [1.807, 2.05) is 4.90 Å². The summed E-state index contributed by atoms with van der Waals surface area (Å²) in [4.78, 5) is 25.8. The van der Waals surface area contributed by atoms with Gasteiger partial charge >= 0.3 is 5.97 Å². The number of nitrogens with zero attached hydrogens (tertiary/aromatic N) is 2. The van der Waals surface area contributed by atoms with Gasteiger partial charge in [-0.2, -0.15) is 0 Å². The molecule has 1 saturated carbocycles. The van der Waals surface area contributed by atoms with E-state index in [9.17, 15) is 19.1 Å². The summed E-state index contributed by atoms with van der Waals surface area (Å²) < 4.78 is 28.1. The van der Waals surface area contributed by atoms with Crippen molar-refractivity contribution in [3.8, 4) is 0 Å². The summed E-state index contributed by atoms with van der Waals surface area (Å²) in [6.07, 6.45) is 3.87. The highest BCUT2D eigenvalue weighted by Crippen LogP contribution is 2.39. The van der Waals surface area contributed by atoms with Crippen molar-refractivity contribution < 1.29 is 23.8 Å². The Kier molecular flexibility index (Phi) is 3.57. The maximum absolute atomic E-state index is 14.9. The molecule has 1 aliphatic carbocycles. The van der Waals surface area contributed by atoms with Crippen LogP contribution in [0.2, 0.25) is 0 Å². The van der Waals surface area contributed by atoms with Crippen molar-refractivity contribution in [3.05, 3.63) is 39.9 Å². The molecule has 0 bridgehead atoms. The molecule has 7 nitrogen and oxygen atoms in total. The number of carboxylic acids is 1. The van der Waals surface area contributed by atoms with Gasteiger partial charge in [0.15, 0.2) is 5.79 Å². The average molecular weight is 374 g/mol. The van der Waals surface area contributed by atoms with Gasteiger partial charge in [-0.05, 0) is 25.0 Å². The Labute approximate surface area is 153 Å². The second kappa shape index (κ2) is 5.77. The van der Waals surface area contributed by atoms with E-state index >= 15 is 0 Å². The molecule has 1 spiro atoms. The first kappa shape index (κ1) is 16.7. The molecule has 0 atom stereocenters. The zero-order valence-corrected chi connectivity index (χ0v) is 14.6. The summed E-state index contributed by atoms with van der Waals surface area (Å²) in [5, 5.41) is 9.43. The van der Waals surface area contributed by atoms with Gasteiger partial charge in [0.05, 0.1) is 31.0 Å². The minimum Gasteiger partial charge on any atom is -0.477 e. The van der Waals surface area contributed by atoms with Gasteiger partial charge in [-0.25, -0.2) is 9.18 Å². The summed E-state index contributed by atoms with van der Waals surface area (Å²) in [5.41, 5.74) is -0.0249. The third-order valence-electron chi connectivity index (χ3n) is 5.62. The Balaban J connectivity index is 1.64. The number of halogens is 1. The van der Waals surface area contributed by atoms with E-state index in [1.165, 1.54) is 12.3 Å². The zero-order valence-electron chi connectivity index (χ0n) is 14.6. The second-order valence-corrected chi connectivity index (χ2v) is 7.42. The fourth-order valence-corrected chi connectivity index (χ4v) is 4.10. The van der Waals surface area contributed by atoms with Crippen LogP contribution in [0.4, 0.5) is 10.1 Å². The SMILES string of the molecule is O=C(O)c1cn(C2CC2)c2cc(N3CCC4(C3)OCCO4)c(F)cc2c1=O. The fourth-order valence-electron chi connectivity index (χ4n) is 4.10. The van der Waals surface area contributed by atoms with Gasteiger partial charge in [0.1, 0.15) is 11.4 Å². The predicted molar refractivity (Wildman–Crippen MR) is 94.9 cm³/mol. The van der Waals surface area contributed by atoms with E-state index in [0.717, 1.165) is 12.8 Å². The standard InChI is InChI=1S/C19H19FN2O5/c20-14-7-12-15(22(11-1-2-11)9-13(17(12)23)18(24)25)8-16(14)21-4-3-19(10-21)26-5-6-27-19/h7-9,11H,1-6,10H2,(H,24,25). The number of pyridine rings is 1. The Hall–Kier alpha value is -2.45. The van der Waals surface area contributed by atoms with Crippen LogP contribution in [-0.2, 0) is 9.47 Å². The van der Waals surface area contributed by atoms with Crippen LogP contribution in [-0.4, -0.2) is 47.7 Å². The van der Waals surface area contributed by atoms with Crippen molar-refractivity contribution in [2.24, 2.45) is 0 Å². The number of anilines is 1. The first-order chi connectivity index (χ1) is 13.0. The lowest BCUT2D eigenvalue weighted by atomic mass is 10.1. The maximum Gasteiger partial charge on any atom is 0.341 e. The van der Waals surface area contributed by atoms with Crippen LogP contribution in [0, 0.1) is 5.82 Å².